The molecular weight excluding hydrogens is 294 g/mol. The number of carbonyl (C=O) groups is 2. The first-order valence-corrected chi connectivity index (χ1v) is 6.88. The molecule has 0 spiro atoms. The Morgan fingerprint density at radius 2 is 1.96 bits per heavy atom. The van der Waals surface area contributed by atoms with E-state index in [1.165, 1.54) is 6.07 Å². The van der Waals surface area contributed by atoms with Crippen LogP contribution in [0.2, 0.25) is 0 Å². The van der Waals surface area contributed by atoms with Crippen molar-refractivity contribution in [2.24, 2.45) is 5.73 Å². The quantitative estimate of drug-likeness (QED) is 0.881. The summed E-state index contributed by atoms with van der Waals surface area (Å²) < 4.78 is 5.52. The van der Waals surface area contributed by atoms with Gasteiger partial charge in [0.25, 0.3) is 11.8 Å². The van der Waals surface area contributed by atoms with Gasteiger partial charge >= 0.3 is 0 Å². The highest BCUT2D eigenvalue weighted by atomic mass is 16.5. The van der Waals surface area contributed by atoms with E-state index in [-0.39, 0.29) is 11.3 Å². The average molecular weight is 309 g/mol. The monoisotopic (exact) mass is 309 g/mol. The molecule has 6 heteroatoms. The third kappa shape index (κ3) is 4.08. The van der Waals surface area contributed by atoms with Crippen LogP contribution < -0.4 is 15.8 Å². The zero-order chi connectivity index (χ0) is 16.8. The van der Waals surface area contributed by atoms with Crippen molar-refractivity contribution in [2.75, 3.05) is 5.32 Å². The first-order chi connectivity index (χ1) is 11.0. The van der Waals surface area contributed by atoms with Gasteiger partial charge in [0.05, 0.1) is 17.2 Å². The smallest absolute Gasteiger partial charge is 0.265 e. The van der Waals surface area contributed by atoms with Crippen molar-refractivity contribution in [3.63, 3.8) is 0 Å². The van der Waals surface area contributed by atoms with E-state index in [2.05, 4.69) is 5.32 Å². The number of amides is 2. The second-order valence-electron chi connectivity index (χ2n) is 4.80. The second kappa shape index (κ2) is 7.09. The Morgan fingerprint density at radius 3 is 2.65 bits per heavy atom. The molecule has 0 saturated carbocycles. The summed E-state index contributed by atoms with van der Waals surface area (Å²) in [5.74, 6) is -0.789. The van der Waals surface area contributed by atoms with Gasteiger partial charge in [-0.3, -0.25) is 9.59 Å². The maximum absolute atomic E-state index is 12.2. The Balaban J connectivity index is 2.09. The number of ether oxygens (including phenoxy) is 1. The molecule has 0 aliphatic carbocycles. The Hall–Kier alpha value is -3.33. The lowest BCUT2D eigenvalue weighted by molar-refractivity contribution is -0.122. The molecule has 0 saturated heterocycles. The minimum Gasteiger partial charge on any atom is -0.480 e. The van der Waals surface area contributed by atoms with Crippen LogP contribution >= 0.6 is 0 Å². The van der Waals surface area contributed by atoms with Crippen molar-refractivity contribution in [3.8, 4) is 11.8 Å². The van der Waals surface area contributed by atoms with Gasteiger partial charge in [-0.25, -0.2) is 0 Å². The molecule has 0 aromatic heterocycles. The molecule has 0 heterocycles. The van der Waals surface area contributed by atoms with Gasteiger partial charge in [-0.2, -0.15) is 5.26 Å². The molecule has 0 aliphatic heterocycles. The fraction of sp³-hybridized carbons (Fsp3) is 0.118. The summed E-state index contributed by atoms with van der Waals surface area (Å²) in [6.07, 6.45) is -0.846. The van der Waals surface area contributed by atoms with Gasteiger partial charge in [-0.15, -0.1) is 0 Å². The molecule has 1 atom stereocenters. The number of nitrogens with one attached hydrogen (secondary N) is 1. The molecule has 2 aromatic rings. The molecule has 23 heavy (non-hydrogen) atoms. The van der Waals surface area contributed by atoms with E-state index >= 15 is 0 Å². The van der Waals surface area contributed by atoms with Crippen LogP contribution in [0.4, 0.5) is 5.69 Å². The Bertz CT molecular complexity index is 781. The second-order valence-corrected chi connectivity index (χ2v) is 4.80. The Labute approximate surface area is 133 Å². The van der Waals surface area contributed by atoms with Crippen molar-refractivity contribution in [1.29, 1.82) is 5.26 Å². The zero-order valence-electron chi connectivity index (χ0n) is 12.4. The number of nitrogens with two attached hydrogens (primary N) is 1. The number of para-hydroxylation sites is 1. The van der Waals surface area contributed by atoms with E-state index < -0.39 is 17.9 Å². The molecule has 3 N–H and O–H groups in total. The number of nitrogens with zero attached hydrogens (tertiary/aromatic N) is 1. The van der Waals surface area contributed by atoms with Gasteiger partial charge in [0.2, 0.25) is 0 Å². The highest BCUT2D eigenvalue weighted by Crippen LogP contribution is 2.19. The Kier molecular flexibility index (Phi) is 4.95. The van der Waals surface area contributed by atoms with Crippen LogP contribution in [0.1, 0.15) is 22.8 Å². The van der Waals surface area contributed by atoms with Crippen molar-refractivity contribution < 1.29 is 14.3 Å². The number of anilines is 1. The maximum atomic E-state index is 12.2. The summed E-state index contributed by atoms with van der Waals surface area (Å²) in [7, 11) is 0. The summed E-state index contributed by atoms with van der Waals surface area (Å²) in [6, 6.07) is 15.0. The number of hydrogen-bond donors (Lipinski definition) is 2. The van der Waals surface area contributed by atoms with Gasteiger partial charge in [0, 0.05) is 5.69 Å². The molecule has 116 valence electrons. The lowest BCUT2D eigenvalue weighted by atomic mass is 10.2. The van der Waals surface area contributed by atoms with Crippen LogP contribution in [0.5, 0.6) is 5.75 Å². The van der Waals surface area contributed by atoms with Crippen LogP contribution in [-0.2, 0) is 4.79 Å². The standard InChI is InChI=1S/C17H15N3O3/c1-11(23-15-8-3-2-7-14(15)16(19)21)17(22)20-13-6-4-5-12(9-13)10-18/h2-9,11H,1H3,(H2,19,21)(H,20,22). The summed E-state index contributed by atoms with van der Waals surface area (Å²) >= 11 is 0. The van der Waals surface area contributed by atoms with Crippen LogP contribution in [0.25, 0.3) is 0 Å². The highest BCUT2D eigenvalue weighted by Gasteiger charge is 2.18. The SMILES string of the molecule is CC(Oc1ccccc1C(N)=O)C(=O)Nc1cccc(C#N)c1. The number of benzene rings is 2. The van der Waals surface area contributed by atoms with Gasteiger partial charge in [0.15, 0.2) is 6.10 Å². The summed E-state index contributed by atoms with van der Waals surface area (Å²) in [5.41, 5.74) is 6.41. The molecular formula is C17H15N3O3. The molecule has 0 fully saturated rings. The molecule has 0 radical (unpaired) electrons. The van der Waals surface area contributed by atoms with Crippen LogP contribution in [0.3, 0.4) is 0 Å². The van der Waals surface area contributed by atoms with Crippen LogP contribution in [0.15, 0.2) is 48.5 Å². The van der Waals surface area contributed by atoms with E-state index in [0.29, 0.717) is 11.3 Å². The lowest BCUT2D eigenvalue weighted by Gasteiger charge is -2.16. The fourth-order valence-corrected chi connectivity index (χ4v) is 1.93. The fourth-order valence-electron chi connectivity index (χ4n) is 1.93. The molecule has 1 unspecified atom stereocenters. The van der Waals surface area contributed by atoms with Gasteiger partial charge in [0.1, 0.15) is 5.75 Å². The zero-order valence-corrected chi connectivity index (χ0v) is 12.4. The number of carbonyl (C=O) groups excluding carboxylic acids is 2. The number of primary amides is 1. The summed E-state index contributed by atoms with van der Waals surface area (Å²) in [5, 5.41) is 11.5. The van der Waals surface area contributed by atoms with Crippen LogP contribution in [-0.4, -0.2) is 17.9 Å². The average Bonchev–Trinajstić information content (AvgIpc) is 2.55. The van der Waals surface area contributed by atoms with Gasteiger partial charge in [-0.1, -0.05) is 18.2 Å². The van der Waals surface area contributed by atoms with Gasteiger partial charge in [-0.05, 0) is 37.3 Å². The predicted molar refractivity (Wildman–Crippen MR) is 84.8 cm³/mol. The van der Waals surface area contributed by atoms with Crippen molar-refractivity contribution in [3.05, 3.63) is 59.7 Å². The molecule has 2 rings (SSSR count). The third-order valence-electron chi connectivity index (χ3n) is 3.08. The number of nitriles is 1. The number of rotatable bonds is 5. The molecule has 6 nitrogen and oxygen atoms in total. The Morgan fingerprint density at radius 1 is 1.22 bits per heavy atom. The van der Waals surface area contributed by atoms with Gasteiger partial charge < -0.3 is 15.8 Å². The minimum absolute atomic E-state index is 0.207. The highest BCUT2D eigenvalue weighted by molar-refractivity contribution is 5.96. The molecule has 2 aromatic carbocycles. The van der Waals surface area contributed by atoms with E-state index in [0.717, 1.165) is 0 Å². The van der Waals surface area contributed by atoms with E-state index in [1.807, 2.05) is 6.07 Å². The topological polar surface area (TPSA) is 105 Å². The normalized spacial score (nSPS) is 11.1. The predicted octanol–water partition coefficient (Wildman–Crippen LogP) is 2.06. The summed E-state index contributed by atoms with van der Waals surface area (Å²) in [6.45, 7) is 1.56. The third-order valence-corrected chi connectivity index (χ3v) is 3.08. The van der Waals surface area contributed by atoms with E-state index in [1.54, 1.807) is 49.4 Å². The molecule has 0 aliphatic rings. The lowest BCUT2D eigenvalue weighted by Crippen LogP contribution is -2.30. The molecule has 0 bridgehead atoms. The minimum atomic E-state index is -0.846. The largest absolute Gasteiger partial charge is 0.480 e. The van der Waals surface area contributed by atoms with Crippen molar-refractivity contribution >= 4 is 17.5 Å². The van der Waals surface area contributed by atoms with Crippen molar-refractivity contribution in [2.45, 2.75) is 13.0 Å². The van der Waals surface area contributed by atoms with E-state index in [9.17, 15) is 9.59 Å². The first-order valence-electron chi connectivity index (χ1n) is 6.88. The molecule has 2 amide bonds. The van der Waals surface area contributed by atoms with Crippen molar-refractivity contribution in [1.82, 2.24) is 0 Å². The number of hydrogen-bond acceptors (Lipinski definition) is 4. The van der Waals surface area contributed by atoms with E-state index in [4.69, 9.17) is 15.7 Å². The van der Waals surface area contributed by atoms with Crippen LogP contribution in [0, 0.1) is 11.3 Å². The summed E-state index contributed by atoms with van der Waals surface area (Å²) in [4.78, 5) is 23.5. The maximum Gasteiger partial charge on any atom is 0.265 e. The first kappa shape index (κ1) is 16.0.